The first-order chi connectivity index (χ1) is 10.4. The van der Waals surface area contributed by atoms with Gasteiger partial charge >= 0.3 is 0 Å². The molecule has 1 aromatic carbocycles. The molecule has 5 nitrogen and oxygen atoms in total. The van der Waals surface area contributed by atoms with Gasteiger partial charge in [0.05, 0.1) is 18.4 Å². The van der Waals surface area contributed by atoms with Crippen molar-refractivity contribution >= 4 is 23.2 Å². The summed E-state index contributed by atoms with van der Waals surface area (Å²) >= 11 is 5.99. The Morgan fingerprint density at radius 3 is 2.59 bits per heavy atom. The van der Waals surface area contributed by atoms with Crippen molar-refractivity contribution < 1.29 is 13.9 Å². The molecule has 1 aromatic heterocycles. The first-order valence-corrected chi connectivity index (χ1v) is 7.05. The van der Waals surface area contributed by atoms with Crippen LogP contribution in [-0.4, -0.2) is 18.7 Å². The molecule has 0 radical (unpaired) electrons. The van der Waals surface area contributed by atoms with Crippen molar-refractivity contribution in [1.29, 1.82) is 0 Å². The average Bonchev–Trinajstić information content (AvgIpc) is 2.83. The minimum atomic E-state index is -0.324. The quantitative estimate of drug-likeness (QED) is 0.690. The summed E-state index contributed by atoms with van der Waals surface area (Å²) in [6.07, 6.45) is 0. The van der Waals surface area contributed by atoms with Gasteiger partial charge in [0.1, 0.15) is 17.3 Å². The zero-order valence-electron chi connectivity index (χ0n) is 12.9. The largest absolute Gasteiger partial charge is 0.496 e. The molecule has 1 amide bonds. The number of aryl methyl sites for hydroxylation is 2. The highest BCUT2D eigenvalue weighted by Gasteiger charge is 2.13. The molecular weight excluding hydrogens is 304 g/mol. The Morgan fingerprint density at radius 2 is 2.00 bits per heavy atom. The van der Waals surface area contributed by atoms with Gasteiger partial charge in [-0.15, -0.1) is 0 Å². The van der Waals surface area contributed by atoms with Crippen molar-refractivity contribution in [1.82, 2.24) is 5.43 Å². The number of rotatable bonds is 4. The summed E-state index contributed by atoms with van der Waals surface area (Å²) in [5.41, 5.74) is 4.28. The Bertz CT molecular complexity index is 735. The number of amides is 1. The van der Waals surface area contributed by atoms with Gasteiger partial charge in [0.25, 0.3) is 5.91 Å². The molecule has 0 unspecified atom stereocenters. The smallest absolute Gasteiger partial charge is 0.274 e. The fourth-order valence-corrected chi connectivity index (χ4v) is 2.25. The Kier molecular flexibility index (Phi) is 4.88. The summed E-state index contributed by atoms with van der Waals surface area (Å²) in [4.78, 5) is 12.1. The number of furan rings is 1. The standard InChI is InChI=1S/C16H17ClN2O3/c1-9-7-14(11(3)22-9)16(20)19-18-10(2)13-8-12(17)5-6-15(13)21-4/h5-8H,1-4H3,(H,19,20)/b18-10-. The fraction of sp³-hybridized carbons (Fsp3) is 0.250. The molecule has 2 aromatic rings. The first kappa shape index (κ1) is 16.1. The summed E-state index contributed by atoms with van der Waals surface area (Å²) in [5, 5.41) is 4.68. The summed E-state index contributed by atoms with van der Waals surface area (Å²) in [6.45, 7) is 5.29. The predicted octanol–water partition coefficient (Wildman–Crippen LogP) is 3.71. The molecule has 1 heterocycles. The van der Waals surface area contributed by atoms with Crippen LogP contribution in [0.5, 0.6) is 5.75 Å². The van der Waals surface area contributed by atoms with E-state index in [0.29, 0.717) is 33.6 Å². The summed E-state index contributed by atoms with van der Waals surface area (Å²) in [6, 6.07) is 6.89. The number of hydrazone groups is 1. The van der Waals surface area contributed by atoms with Gasteiger partial charge in [-0.2, -0.15) is 5.10 Å². The Morgan fingerprint density at radius 1 is 1.27 bits per heavy atom. The number of nitrogens with one attached hydrogen (secondary N) is 1. The molecule has 0 aliphatic heterocycles. The van der Waals surface area contributed by atoms with Crippen LogP contribution in [0.2, 0.25) is 5.02 Å². The van der Waals surface area contributed by atoms with Crippen molar-refractivity contribution in [2.75, 3.05) is 7.11 Å². The molecule has 0 saturated heterocycles. The number of carbonyl (C=O) groups is 1. The lowest BCUT2D eigenvalue weighted by Gasteiger charge is -2.08. The maximum absolute atomic E-state index is 12.1. The maximum Gasteiger partial charge on any atom is 0.274 e. The lowest BCUT2D eigenvalue weighted by molar-refractivity contribution is 0.0953. The number of benzene rings is 1. The van der Waals surface area contributed by atoms with Gasteiger partial charge in [-0.1, -0.05) is 11.6 Å². The van der Waals surface area contributed by atoms with Crippen LogP contribution < -0.4 is 10.2 Å². The lowest BCUT2D eigenvalue weighted by Crippen LogP contribution is -2.19. The Hall–Kier alpha value is -2.27. The molecule has 2 rings (SSSR count). The molecular formula is C16H17ClN2O3. The van der Waals surface area contributed by atoms with Gasteiger partial charge in [-0.3, -0.25) is 4.79 Å². The minimum absolute atomic E-state index is 0.324. The average molecular weight is 321 g/mol. The van der Waals surface area contributed by atoms with Gasteiger partial charge in [0.2, 0.25) is 0 Å². The number of nitrogens with zero attached hydrogens (tertiary/aromatic N) is 1. The van der Waals surface area contributed by atoms with E-state index in [9.17, 15) is 4.79 Å². The molecule has 0 aliphatic rings. The third-order valence-corrected chi connectivity index (χ3v) is 3.40. The highest BCUT2D eigenvalue weighted by Crippen LogP contribution is 2.23. The van der Waals surface area contributed by atoms with E-state index in [1.54, 1.807) is 52.1 Å². The topological polar surface area (TPSA) is 63.8 Å². The summed E-state index contributed by atoms with van der Waals surface area (Å²) in [7, 11) is 1.57. The number of ether oxygens (including phenoxy) is 1. The Balaban J connectivity index is 2.21. The van der Waals surface area contributed by atoms with Crippen LogP contribution in [0.1, 0.15) is 34.4 Å². The van der Waals surface area contributed by atoms with E-state index < -0.39 is 0 Å². The van der Waals surface area contributed by atoms with Crippen LogP contribution >= 0.6 is 11.6 Å². The van der Waals surface area contributed by atoms with Gasteiger partial charge in [-0.25, -0.2) is 5.43 Å². The van der Waals surface area contributed by atoms with Gasteiger partial charge in [0.15, 0.2) is 0 Å². The van der Waals surface area contributed by atoms with Gasteiger partial charge in [0, 0.05) is 10.6 Å². The van der Waals surface area contributed by atoms with Crippen molar-refractivity contribution in [3.05, 3.63) is 51.9 Å². The van der Waals surface area contributed by atoms with Crippen LogP contribution in [0.25, 0.3) is 0 Å². The second kappa shape index (κ2) is 6.66. The Labute approximate surface area is 133 Å². The second-order valence-corrected chi connectivity index (χ2v) is 5.25. The van der Waals surface area contributed by atoms with Crippen LogP contribution in [-0.2, 0) is 0 Å². The van der Waals surface area contributed by atoms with Crippen LogP contribution in [0.4, 0.5) is 0 Å². The number of hydrogen-bond donors (Lipinski definition) is 1. The normalized spacial score (nSPS) is 11.4. The van der Waals surface area contributed by atoms with Crippen LogP contribution in [0, 0.1) is 13.8 Å². The SMILES string of the molecule is COc1ccc(Cl)cc1/C(C)=N\NC(=O)c1cc(C)oc1C. The minimum Gasteiger partial charge on any atom is -0.496 e. The van der Waals surface area contributed by atoms with E-state index in [-0.39, 0.29) is 5.91 Å². The predicted molar refractivity (Wildman–Crippen MR) is 85.9 cm³/mol. The van der Waals surface area contributed by atoms with Gasteiger partial charge in [-0.05, 0) is 45.0 Å². The molecule has 1 N–H and O–H groups in total. The molecule has 0 saturated carbocycles. The van der Waals surface area contributed by atoms with Crippen LogP contribution in [0.3, 0.4) is 0 Å². The fourth-order valence-electron chi connectivity index (χ4n) is 2.07. The molecule has 6 heteroatoms. The number of methoxy groups -OCH3 is 1. The maximum atomic E-state index is 12.1. The molecule has 22 heavy (non-hydrogen) atoms. The van der Waals surface area contributed by atoms with Crippen molar-refractivity contribution in [3.8, 4) is 5.75 Å². The summed E-state index contributed by atoms with van der Waals surface area (Å²) < 4.78 is 10.6. The third kappa shape index (κ3) is 3.49. The highest BCUT2D eigenvalue weighted by molar-refractivity contribution is 6.31. The van der Waals surface area contributed by atoms with Gasteiger partial charge < -0.3 is 9.15 Å². The number of carbonyl (C=O) groups excluding carboxylic acids is 1. The monoisotopic (exact) mass is 320 g/mol. The summed E-state index contributed by atoms with van der Waals surface area (Å²) in [5.74, 6) is 1.55. The number of hydrogen-bond acceptors (Lipinski definition) is 4. The zero-order valence-corrected chi connectivity index (χ0v) is 13.6. The van der Waals surface area contributed by atoms with E-state index >= 15 is 0 Å². The molecule has 0 spiro atoms. The van der Waals surface area contributed by atoms with Crippen molar-refractivity contribution in [2.45, 2.75) is 20.8 Å². The lowest BCUT2D eigenvalue weighted by atomic mass is 10.1. The van der Waals surface area contributed by atoms with Crippen molar-refractivity contribution in [3.63, 3.8) is 0 Å². The molecule has 116 valence electrons. The van der Waals surface area contributed by atoms with E-state index in [4.69, 9.17) is 20.8 Å². The van der Waals surface area contributed by atoms with E-state index in [1.807, 2.05) is 0 Å². The van der Waals surface area contributed by atoms with E-state index in [2.05, 4.69) is 10.5 Å². The first-order valence-electron chi connectivity index (χ1n) is 6.68. The van der Waals surface area contributed by atoms with Crippen molar-refractivity contribution in [2.24, 2.45) is 5.10 Å². The second-order valence-electron chi connectivity index (χ2n) is 4.81. The van der Waals surface area contributed by atoms with E-state index in [0.717, 1.165) is 5.56 Å². The number of halogens is 1. The molecule has 0 atom stereocenters. The molecule has 0 aliphatic carbocycles. The molecule has 0 bridgehead atoms. The third-order valence-electron chi connectivity index (χ3n) is 3.16. The van der Waals surface area contributed by atoms with Crippen LogP contribution in [0.15, 0.2) is 33.8 Å². The zero-order chi connectivity index (χ0) is 16.3. The highest BCUT2D eigenvalue weighted by atomic mass is 35.5. The molecule has 0 fully saturated rings. The van der Waals surface area contributed by atoms with E-state index in [1.165, 1.54) is 0 Å².